The lowest BCUT2D eigenvalue weighted by Gasteiger charge is -2.48. The molecule has 2 N–H and O–H groups in total. The summed E-state index contributed by atoms with van der Waals surface area (Å²) in [6.07, 6.45) is 1.02. The second kappa shape index (κ2) is 4.85. The molecule has 0 aliphatic carbocycles. The number of carboxylic acid groups (broad SMARTS) is 1. The molecule has 0 saturated carbocycles. The monoisotopic (exact) mass is 256 g/mol. The summed E-state index contributed by atoms with van der Waals surface area (Å²) in [5.74, 6) is -0.507. The third-order valence-corrected chi connectivity index (χ3v) is 3.71. The van der Waals surface area contributed by atoms with Crippen molar-refractivity contribution in [1.29, 1.82) is 0 Å². The summed E-state index contributed by atoms with van der Waals surface area (Å²) in [4.78, 5) is 24.3. The van der Waals surface area contributed by atoms with Gasteiger partial charge in [-0.2, -0.15) is 0 Å². The van der Waals surface area contributed by atoms with Gasteiger partial charge in [-0.15, -0.1) is 0 Å². The minimum atomic E-state index is -0.980. The second-order valence-corrected chi connectivity index (χ2v) is 5.52. The zero-order valence-electron chi connectivity index (χ0n) is 10.8. The summed E-state index contributed by atoms with van der Waals surface area (Å²) >= 11 is 0. The van der Waals surface area contributed by atoms with Gasteiger partial charge in [-0.25, -0.2) is 4.79 Å². The lowest BCUT2D eigenvalue weighted by Crippen LogP contribution is -2.66. The summed E-state index contributed by atoms with van der Waals surface area (Å²) in [6, 6.07) is -0.0889. The van der Waals surface area contributed by atoms with Crippen molar-refractivity contribution in [3.8, 4) is 0 Å². The van der Waals surface area contributed by atoms with Crippen LogP contribution in [0.25, 0.3) is 0 Å². The molecule has 2 saturated heterocycles. The van der Waals surface area contributed by atoms with Gasteiger partial charge in [0.2, 0.25) is 5.91 Å². The SMILES string of the molecule is CC1CCNC1C(=O)N1CC(C)(OCC(=O)O)C1. The number of rotatable bonds is 4. The van der Waals surface area contributed by atoms with E-state index in [4.69, 9.17) is 9.84 Å². The van der Waals surface area contributed by atoms with Gasteiger partial charge in [0, 0.05) is 0 Å². The predicted molar refractivity (Wildman–Crippen MR) is 64.1 cm³/mol. The Kier molecular flexibility index (Phi) is 3.59. The number of carbonyl (C=O) groups is 2. The van der Waals surface area contributed by atoms with Crippen LogP contribution in [-0.4, -0.2) is 59.8 Å². The Hall–Kier alpha value is -1.14. The normalized spacial score (nSPS) is 30.0. The Balaban J connectivity index is 1.81. The Bertz CT molecular complexity index is 352. The highest BCUT2D eigenvalue weighted by Gasteiger charge is 2.45. The minimum absolute atomic E-state index is 0.0889. The molecule has 2 unspecified atom stereocenters. The molecule has 0 aromatic rings. The fourth-order valence-corrected chi connectivity index (χ4v) is 2.61. The van der Waals surface area contributed by atoms with Gasteiger partial charge in [-0.1, -0.05) is 6.92 Å². The fourth-order valence-electron chi connectivity index (χ4n) is 2.61. The zero-order valence-corrected chi connectivity index (χ0v) is 10.8. The summed E-state index contributed by atoms with van der Waals surface area (Å²) in [5.41, 5.74) is -0.504. The maximum Gasteiger partial charge on any atom is 0.329 e. The first-order valence-corrected chi connectivity index (χ1v) is 6.29. The third kappa shape index (κ3) is 2.64. The van der Waals surface area contributed by atoms with Crippen LogP contribution in [0.3, 0.4) is 0 Å². The highest BCUT2D eigenvalue weighted by Crippen LogP contribution is 2.27. The van der Waals surface area contributed by atoms with E-state index < -0.39 is 11.6 Å². The average molecular weight is 256 g/mol. The molecule has 18 heavy (non-hydrogen) atoms. The molecule has 0 aromatic carbocycles. The van der Waals surface area contributed by atoms with E-state index in [1.165, 1.54) is 0 Å². The predicted octanol–water partition coefficient (Wildman–Crippen LogP) is -0.313. The molecule has 2 aliphatic rings. The highest BCUT2D eigenvalue weighted by molar-refractivity contribution is 5.83. The minimum Gasteiger partial charge on any atom is -0.480 e. The van der Waals surface area contributed by atoms with Crippen molar-refractivity contribution in [2.24, 2.45) is 5.92 Å². The van der Waals surface area contributed by atoms with E-state index in [1.54, 1.807) is 4.90 Å². The number of nitrogens with one attached hydrogen (secondary N) is 1. The average Bonchev–Trinajstić information content (AvgIpc) is 2.68. The Morgan fingerprint density at radius 1 is 1.50 bits per heavy atom. The van der Waals surface area contributed by atoms with Gasteiger partial charge in [0.1, 0.15) is 12.2 Å². The van der Waals surface area contributed by atoms with Crippen LogP contribution in [0.1, 0.15) is 20.3 Å². The molecule has 2 atom stereocenters. The lowest BCUT2D eigenvalue weighted by molar-refractivity contribution is -0.174. The fraction of sp³-hybridized carbons (Fsp3) is 0.833. The number of hydrogen-bond donors (Lipinski definition) is 2. The Morgan fingerprint density at radius 2 is 2.17 bits per heavy atom. The maximum atomic E-state index is 12.2. The third-order valence-electron chi connectivity index (χ3n) is 3.71. The number of hydrogen-bond acceptors (Lipinski definition) is 4. The van der Waals surface area contributed by atoms with Crippen LogP contribution in [0, 0.1) is 5.92 Å². The van der Waals surface area contributed by atoms with Gasteiger partial charge in [0.15, 0.2) is 0 Å². The molecule has 0 aromatic heterocycles. The van der Waals surface area contributed by atoms with Gasteiger partial charge in [-0.3, -0.25) is 4.79 Å². The molecule has 0 spiro atoms. The quantitative estimate of drug-likeness (QED) is 0.721. The van der Waals surface area contributed by atoms with Crippen molar-refractivity contribution < 1.29 is 19.4 Å². The van der Waals surface area contributed by atoms with E-state index in [-0.39, 0.29) is 18.6 Å². The van der Waals surface area contributed by atoms with E-state index in [0.29, 0.717) is 19.0 Å². The van der Waals surface area contributed by atoms with E-state index in [2.05, 4.69) is 12.2 Å². The van der Waals surface area contributed by atoms with Crippen molar-refractivity contribution in [2.45, 2.75) is 31.9 Å². The molecule has 2 heterocycles. The summed E-state index contributed by atoms with van der Waals surface area (Å²) in [5, 5.41) is 11.8. The summed E-state index contributed by atoms with van der Waals surface area (Å²) in [7, 11) is 0. The zero-order chi connectivity index (χ0) is 13.3. The number of amides is 1. The molecular weight excluding hydrogens is 236 g/mol. The summed E-state index contributed by atoms with van der Waals surface area (Å²) in [6.45, 7) is 5.44. The summed E-state index contributed by atoms with van der Waals surface area (Å²) < 4.78 is 5.28. The molecule has 2 fully saturated rings. The molecule has 0 radical (unpaired) electrons. The van der Waals surface area contributed by atoms with Crippen LogP contribution in [-0.2, 0) is 14.3 Å². The van der Waals surface area contributed by atoms with Crippen molar-refractivity contribution in [1.82, 2.24) is 10.2 Å². The van der Waals surface area contributed by atoms with Gasteiger partial charge in [-0.05, 0) is 25.8 Å². The van der Waals surface area contributed by atoms with Crippen LogP contribution >= 0.6 is 0 Å². The molecule has 6 heteroatoms. The van der Waals surface area contributed by atoms with Gasteiger partial charge in [0.25, 0.3) is 0 Å². The van der Waals surface area contributed by atoms with Crippen LogP contribution < -0.4 is 5.32 Å². The van der Waals surface area contributed by atoms with Crippen molar-refractivity contribution >= 4 is 11.9 Å². The molecule has 2 aliphatic heterocycles. The van der Waals surface area contributed by atoms with Crippen LogP contribution in [0.15, 0.2) is 0 Å². The van der Waals surface area contributed by atoms with E-state index in [1.807, 2.05) is 6.92 Å². The molecule has 6 nitrogen and oxygen atoms in total. The molecule has 102 valence electrons. The van der Waals surface area contributed by atoms with E-state index in [0.717, 1.165) is 13.0 Å². The van der Waals surface area contributed by atoms with Crippen molar-refractivity contribution in [3.63, 3.8) is 0 Å². The van der Waals surface area contributed by atoms with Crippen LogP contribution in [0.5, 0.6) is 0 Å². The largest absolute Gasteiger partial charge is 0.480 e. The smallest absolute Gasteiger partial charge is 0.329 e. The van der Waals surface area contributed by atoms with Crippen LogP contribution in [0.4, 0.5) is 0 Å². The van der Waals surface area contributed by atoms with E-state index in [9.17, 15) is 9.59 Å². The Morgan fingerprint density at radius 3 is 2.67 bits per heavy atom. The standard InChI is InChI=1S/C12H20N2O4/c1-8-3-4-13-10(8)11(17)14-6-12(2,7-14)18-5-9(15)16/h8,10,13H,3-7H2,1-2H3,(H,15,16). The van der Waals surface area contributed by atoms with Crippen molar-refractivity contribution in [3.05, 3.63) is 0 Å². The second-order valence-electron chi connectivity index (χ2n) is 5.52. The number of ether oxygens (including phenoxy) is 1. The first kappa shape index (κ1) is 13.3. The van der Waals surface area contributed by atoms with Gasteiger partial charge < -0.3 is 20.1 Å². The Labute approximate surface area is 106 Å². The number of nitrogens with zero attached hydrogens (tertiary/aromatic N) is 1. The van der Waals surface area contributed by atoms with Gasteiger partial charge in [0.05, 0.1) is 19.1 Å². The van der Waals surface area contributed by atoms with Crippen molar-refractivity contribution in [2.75, 3.05) is 26.2 Å². The first-order valence-electron chi connectivity index (χ1n) is 6.29. The first-order chi connectivity index (χ1) is 8.41. The number of carboxylic acids is 1. The molecule has 1 amide bonds. The lowest BCUT2D eigenvalue weighted by atomic mass is 9.93. The van der Waals surface area contributed by atoms with Crippen LogP contribution in [0.2, 0.25) is 0 Å². The number of likely N-dealkylation sites (tertiary alicyclic amines) is 1. The topological polar surface area (TPSA) is 78.9 Å². The maximum absolute atomic E-state index is 12.2. The molecule has 0 bridgehead atoms. The number of carbonyl (C=O) groups excluding carboxylic acids is 1. The molecular formula is C12H20N2O4. The highest BCUT2D eigenvalue weighted by atomic mass is 16.5. The number of aliphatic carboxylic acids is 1. The molecule has 2 rings (SSSR count). The van der Waals surface area contributed by atoms with E-state index >= 15 is 0 Å². The van der Waals surface area contributed by atoms with Gasteiger partial charge >= 0.3 is 5.97 Å².